The van der Waals surface area contributed by atoms with E-state index in [1.165, 1.54) is 17.5 Å². The third-order valence-corrected chi connectivity index (χ3v) is 3.99. The number of nitrogens with zero attached hydrogens (tertiary/aromatic N) is 2. The van der Waals surface area contributed by atoms with Crippen molar-refractivity contribution in [3.63, 3.8) is 0 Å². The van der Waals surface area contributed by atoms with E-state index in [9.17, 15) is 0 Å². The Labute approximate surface area is 123 Å². The summed E-state index contributed by atoms with van der Waals surface area (Å²) in [7, 11) is 0. The van der Waals surface area contributed by atoms with Gasteiger partial charge in [-0.15, -0.1) is 0 Å². The van der Waals surface area contributed by atoms with E-state index in [0.717, 1.165) is 41.4 Å². The molecule has 104 valence electrons. The first-order chi connectivity index (χ1) is 10.3. The maximum atomic E-state index is 5.51. The number of furan rings is 1. The Kier molecular flexibility index (Phi) is 2.85. The minimum Gasteiger partial charge on any atom is -0.463 e. The number of pyridine rings is 2. The van der Waals surface area contributed by atoms with E-state index in [1.807, 2.05) is 37.3 Å². The van der Waals surface area contributed by atoms with Crippen molar-refractivity contribution >= 4 is 0 Å². The molecular weight excluding hydrogens is 260 g/mol. The van der Waals surface area contributed by atoms with Gasteiger partial charge in [-0.05, 0) is 67.6 Å². The molecule has 0 saturated carbocycles. The van der Waals surface area contributed by atoms with E-state index >= 15 is 0 Å². The summed E-state index contributed by atoms with van der Waals surface area (Å²) in [6, 6.07) is 12.1. The fraction of sp³-hybridized carbons (Fsp3) is 0.222. The Bertz CT molecular complexity index is 791. The molecule has 0 aromatic carbocycles. The zero-order chi connectivity index (χ0) is 14.2. The van der Waals surface area contributed by atoms with E-state index in [0.29, 0.717) is 0 Å². The molecule has 4 rings (SSSR count). The van der Waals surface area contributed by atoms with Crippen LogP contribution in [0.2, 0.25) is 0 Å². The first-order valence-corrected chi connectivity index (χ1v) is 7.32. The van der Waals surface area contributed by atoms with Crippen LogP contribution in [0.5, 0.6) is 0 Å². The molecule has 3 nitrogen and oxygen atoms in total. The Morgan fingerprint density at radius 2 is 1.95 bits per heavy atom. The van der Waals surface area contributed by atoms with Crippen LogP contribution < -0.4 is 0 Å². The van der Waals surface area contributed by atoms with E-state index in [4.69, 9.17) is 9.40 Å². The van der Waals surface area contributed by atoms with Gasteiger partial charge in [0.05, 0.1) is 17.7 Å². The van der Waals surface area contributed by atoms with E-state index in [-0.39, 0.29) is 0 Å². The Balaban J connectivity index is 1.93. The third kappa shape index (κ3) is 2.15. The predicted octanol–water partition coefficient (Wildman–Crippen LogP) is 4.20. The smallest absolute Gasteiger partial charge is 0.152 e. The molecule has 3 aromatic rings. The summed E-state index contributed by atoms with van der Waals surface area (Å²) in [6.45, 7) is 2.01. The van der Waals surface area contributed by atoms with Crippen molar-refractivity contribution in [2.45, 2.75) is 26.2 Å². The standard InChI is InChI=1S/C18H16N2O/c1-12-5-2-8-15(19-12)18-14-7-3-6-13(14)11-16(20-18)17-9-4-10-21-17/h2,4-5,8-11H,3,6-7H2,1H3. The SMILES string of the molecule is Cc1cccc(-c2nc(-c3ccco3)cc3c2CCC3)n1. The average molecular weight is 276 g/mol. The van der Waals surface area contributed by atoms with Gasteiger partial charge in [-0.1, -0.05) is 6.07 Å². The maximum absolute atomic E-state index is 5.51. The van der Waals surface area contributed by atoms with Crippen LogP contribution in [0, 0.1) is 6.92 Å². The molecule has 3 heterocycles. The van der Waals surface area contributed by atoms with Gasteiger partial charge < -0.3 is 4.42 Å². The molecule has 0 fully saturated rings. The lowest BCUT2D eigenvalue weighted by Crippen LogP contribution is -1.98. The zero-order valence-electron chi connectivity index (χ0n) is 12.0. The van der Waals surface area contributed by atoms with Crippen molar-refractivity contribution in [2.24, 2.45) is 0 Å². The molecule has 0 unspecified atom stereocenters. The number of aromatic nitrogens is 2. The van der Waals surface area contributed by atoms with Gasteiger partial charge >= 0.3 is 0 Å². The minimum atomic E-state index is 0.818. The first-order valence-electron chi connectivity index (χ1n) is 7.32. The lowest BCUT2D eigenvalue weighted by molar-refractivity contribution is 0.580. The van der Waals surface area contributed by atoms with Gasteiger partial charge in [0, 0.05) is 5.69 Å². The highest BCUT2D eigenvalue weighted by Gasteiger charge is 2.20. The molecule has 0 amide bonds. The summed E-state index contributed by atoms with van der Waals surface area (Å²) in [5, 5.41) is 0. The van der Waals surface area contributed by atoms with Gasteiger partial charge in [0.15, 0.2) is 5.76 Å². The predicted molar refractivity (Wildman–Crippen MR) is 81.9 cm³/mol. The number of aryl methyl sites for hydroxylation is 2. The Morgan fingerprint density at radius 3 is 2.76 bits per heavy atom. The van der Waals surface area contributed by atoms with Crippen molar-refractivity contribution in [2.75, 3.05) is 0 Å². The highest BCUT2D eigenvalue weighted by Crippen LogP contribution is 2.33. The van der Waals surface area contributed by atoms with E-state index in [2.05, 4.69) is 11.1 Å². The van der Waals surface area contributed by atoms with Crippen LogP contribution in [0.1, 0.15) is 23.2 Å². The van der Waals surface area contributed by atoms with Gasteiger partial charge in [-0.2, -0.15) is 0 Å². The summed E-state index contributed by atoms with van der Waals surface area (Å²) in [4.78, 5) is 9.49. The molecule has 0 N–H and O–H groups in total. The van der Waals surface area contributed by atoms with Gasteiger partial charge in [0.2, 0.25) is 0 Å². The molecule has 0 radical (unpaired) electrons. The Hall–Kier alpha value is -2.42. The quantitative estimate of drug-likeness (QED) is 0.704. The molecular formula is C18H16N2O. The fourth-order valence-corrected chi connectivity index (χ4v) is 3.02. The van der Waals surface area contributed by atoms with Gasteiger partial charge in [0.1, 0.15) is 5.69 Å². The van der Waals surface area contributed by atoms with Crippen LogP contribution in [0.4, 0.5) is 0 Å². The van der Waals surface area contributed by atoms with Gasteiger partial charge in [0.25, 0.3) is 0 Å². The molecule has 0 aliphatic heterocycles. The molecule has 3 heteroatoms. The maximum Gasteiger partial charge on any atom is 0.152 e. The lowest BCUT2D eigenvalue weighted by atomic mass is 10.0. The normalized spacial score (nSPS) is 13.4. The molecule has 21 heavy (non-hydrogen) atoms. The highest BCUT2D eigenvalue weighted by atomic mass is 16.3. The summed E-state index contributed by atoms with van der Waals surface area (Å²) in [5.41, 5.74) is 6.63. The molecule has 1 aliphatic carbocycles. The van der Waals surface area contributed by atoms with Crippen molar-refractivity contribution < 1.29 is 4.42 Å². The van der Waals surface area contributed by atoms with Crippen LogP contribution in [-0.4, -0.2) is 9.97 Å². The van der Waals surface area contributed by atoms with Crippen molar-refractivity contribution in [1.29, 1.82) is 0 Å². The first kappa shape index (κ1) is 12.3. The minimum absolute atomic E-state index is 0.818. The summed E-state index contributed by atoms with van der Waals surface area (Å²) in [6.07, 6.45) is 5.09. The number of hydrogen-bond donors (Lipinski definition) is 0. The molecule has 0 atom stereocenters. The highest BCUT2D eigenvalue weighted by molar-refractivity contribution is 5.67. The molecule has 0 spiro atoms. The monoisotopic (exact) mass is 276 g/mol. The van der Waals surface area contributed by atoms with Gasteiger partial charge in [-0.25, -0.2) is 4.98 Å². The number of hydrogen-bond acceptors (Lipinski definition) is 3. The number of fused-ring (bicyclic) bond motifs is 1. The summed E-state index contributed by atoms with van der Waals surface area (Å²) >= 11 is 0. The van der Waals surface area contributed by atoms with Crippen LogP contribution in [-0.2, 0) is 12.8 Å². The fourth-order valence-electron chi connectivity index (χ4n) is 3.02. The van der Waals surface area contributed by atoms with E-state index < -0.39 is 0 Å². The molecule has 0 saturated heterocycles. The topological polar surface area (TPSA) is 38.9 Å². The zero-order valence-corrected chi connectivity index (χ0v) is 12.0. The average Bonchev–Trinajstić information content (AvgIpc) is 3.17. The Morgan fingerprint density at radius 1 is 1.00 bits per heavy atom. The lowest BCUT2D eigenvalue weighted by Gasteiger charge is -2.10. The third-order valence-electron chi connectivity index (χ3n) is 3.99. The van der Waals surface area contributed by atoms with Crippen LogP contribution in [0.3, 0.4) is 0 Å². The van der Waals surface area contributed by atoms with Crippen molar-refractivity contribution in [1.82, 2.24) is 9.97 Å². The largest absolute Gasteiger partial charge is 0.463 e. The summed E-state index contributed by atoms with van der Waals surface area (Å²) in [5.74, 6) is 0.818. The van der Waals surface area contributed by atoms with Crippen LogP contribution in [0.15, 0.2) is 47.1 Å². The van der Waals surface area contributed by atoms with Crippen LogP contribution in [0.25, 0.3) is 22.8 Å². The van der Waals surface area contributed by atoms with Crippen molar-refractivity contribution in [3.05, 3.63) is 59.5 Å². The number of rotatable bonds is 2. The molecule has 3 aromatic heterocycles. The second kappa shape index (κ2) is 4.85. The molecule has 1 aliphatic rings. The van der Waals surface area contributed by atoms with E-state index in [1.54, 1.807) is 6.26 Å². The summed E-state index contributed by atoms with van der Waals surface area (Å²) < 4.78 is 5.51. The van der Waals surface area contributed by atoms with Gasteiger partial charge in [-0.3, -0.25) is 4.98 Å². The second-order valence-corrected chi connectivity index (χ2v) is 5.49. The van der Waals surface area contributed by atoms with Crippen LogP contribution >= 0.6 is 0 Å². The second-order valence-electron chi connectivity index (χ2n) is 5.49. The molecule has 0 bridgehead atoms. The van der Waals surface area contributed by atoms with Crippen molar-refractivity contribution in [3.8, 4) is 22.8 Å².